The molecule has 1 aliphatic heterocycles. The molecule has 1 aliphatic rings. The molecule has 9 heteroatoms. The third kappa shape index (κ3) is 4.31. The molecule has 3 heterocycles. The number of hydrogen-bond donors (Lipinski definition) is 1. The molecule has 0 saturated carbocycles. The van der Waals surface area contributed by atoms with Crippen LogP contribution in [0.1, 0.15) is 50.8 Å². The summed E-state index contributed by atoms with van der Waals surface area (Å²) >= 11 is 6.14. The number of aryl methyl sites for hydroxylation is 3. The maximum absolute atomic E-state index is 13.3. The molecule has 4 rings (SSSR count). The largest absolute Gasteiger partial charge is 0.322 e. The minimum Gasteiger partial charge on any atom is -0.322 e. The topological polar surface area (TPSA) is 80.1 Å². The Labute approximate surface area is 192 Å². The highest BCUT2D eigenvalue weighted by Gasteiger charge is 2.35. The van der Waals surface area contributed by atoms with Crippen molar-refractivity contribution in [1.82, 2.24) is 14.8 Å². The number of hydrogen-bond acceptors (Lipinski definition) is 4. The fraction of sp³-hybridized carbons (Fsp3) is 0.273. The zero-order valence-electron chi connectivity index (χ0n) is 17.7. The van der Waals surface area contributed by atoms with Gasteiger partial charge in [-0.2, -0.15) is 18.6 Å². The zero-order chi connectivity index (χ0) is 21.6. The molecule has 2 aromatic heterocycles. The van der Waals surface area contributed by atoms with E-state index in [1.54, 1.807) is 27.8 Å². The molecule has 0 fully saturated rings. The summed E-state index contributed by atoms with van der Waals surface area (Å²) in [6.45, 7) is 8.04. The van der Waals surface area contributed by atoms with Crippen LogP contribution in [0.2, 0.25) is 5.02 Å². The molecule has 1 aromatic carbocycles. The lowest BCUT2D eigenvalue weighted by molar-refractivity contribution is 0.0939. The Morgan fingerprint density at radius 1 is 1.16 bits per heavy atom. The fourth-order valence-electron chi connectivity index (χ4n) is 3.75. The number of anilines is 2. The van der Waals surface area contributed by atoms with E-state index in [1.165, 1.54) is 6.20 Å². The van der Waals surface area contributed by atoms with E-state index in [4.69, 9.17) is 11.6 Å². The Morgan fingerprint density at radius 2 is 1.84 bits per heavy atom. The van der Waals surface area contributed by atoms with Gasteiger partial charge in [-0.25, -0.2) is 0 Å². The van der Waals surface area contributed by atoms with Gasteiger partial charge in [-0.1, -0.05) is 11.6 Å². The van der Waals surface area contributed by atoms with Gasteiger partial charge in [0.05, 0.1) is 17.8 Å². The Bertz CT molecular complexity index is 1160. The maximum atomic E-state index is 13.3. The predicted octanol–water partition coefficient (Wildman–Crippen LogP) is 4.44. The third-order valence-corrected chi connectivity index (χ3v) is 5.57. The molecule has 1 N–H and O–H groups in total. The number of fused-ring (bicyclic) bond motifs is 1. The van der Waals surface area contributed by atoms with Gasteiger partial charge in [0, 0.05) is 34.3 Å². The number of halogens is 1. The van der Waals surface area contributed by atoms with Crippen molar-refractivity contribution in [3.8, 4) is 0 Å². The first-order chi connectivity index (χ1) is 14.2. The molecular weight excluding hydrogens is 434 g/mol. The van der Waals surface area contributed by atoms with Crippen molar-refractivity contribution >= 4 is 48.3 Å². The summed E-state index contributed by atoms with van der Waals surface area (Å²) in [7, 11) is 0. The van der Waals surface area contributed by atoms with E-state index in [0.717, 1.165) is 22.6 Å². The van der Waals surface area contributed by atoms with Crippen molar-refractivity contribution in [3.63, 3.8) is 0 Å². The molecule has 31 heavy (non-hydrogen) atoms. The van der Waals surface area contributed by atoms with Gasteiger partial charge >= 0.3 is 0 Å². The van der Waals surface area contributed by atoms with Gasteiger partial charge in [-0.05, 0) is 63.6 Å². The van der Waals surface area contributed by atoms with Crippen molar-refractivity contribution in [3.05, 3.63) is 69.8 Å². The summed E-state index contributed by atoms with van der Waals surface area (Å²) in [5, 5.41) is 7.83. The molecule has 0 radical (unpaired) electrons. The van der Waals surface area contributed by atoms with Crippen LogP contribution in [0.5, 0.6) is 0 Å². The van der Waals surface area contributed by atoms with Crippen LogP contribution in [-0.4, -0.2) is 33.1 Å². The minimum atomic E-state index is -0.379. The van der Waals surface area contributed by atoms with Crippen LogP contribution < -0.4 is 10.2 Å². The van der Waals surface area contributed by atoms with Crippen molar-refractivity contribution in [2.75, 3.05) is 16.8 Å². The second-order valence-corrected chi connectivity index (χ2v) is 8.05. The average molecular weight is 458 g/mol. The number of nitrogens with one attached hydrogen (secondary N) is 1. The molecule has 0 spiro atoms. The second kappa shape index (κ2) is 8.72. The van der Waals surface area contributed by atoms with Gasteiger partial charge in [0.1, 0.15) is 5.69 Å². The number of aromatic nitrogens is 3. The maximum Gasteiger partial charge on any atom is 0.277 e. The summed E-state index contributed by atoms with van der Waals surface area (Å²) in [6.07, 6.45) is 1.45. The van der Waals surface area contributed by atoms with Crippen molar-refractivity contribution in [2.24, 2.45) is 0 Å². The van der Waals surface area contributed by atoms with Gasteiger partial charge in [-0.15, -0.1) is 0 Å². The monoisotopic (exact) mass is 457 g/mol. The van der Waals surface area contributed by atoms with Crippen LogP contribution in [0.15, 0.2) is 36.5 Å². The predicted molar refractivity (Wildman–Crippen MR) is 127 cm³/mol. The average Bonchev–Trinajstić information content (AvgIpc) is 3.12. The summed E-state index contributed by atoms with van der Waals surface area (Å²) in [6, 6.07) is 8.95. The minimum absolute atomic E-state index is 0. The van der Waals surface area contributed by atoms with E-state index in [-0.39, 0.29) is 42.6 Å². The highest BCUT2D eigenvalue weighted by Crippen LogP contribution is 2.30. The number of pyridine rings is 1. The number of carbonyl (C=O) groups is 2. The van der Waals surface area contributed by atoms with Crippen molar-refractivity contribution < 1.29 is 9.59 Å². The fourth-order valence-corrected chi connectivity index (χ4v) is 3.87. The van der Waals surface area contributed by atoms with Crippen LogP contribution in [0.4, 0.5) is 11.4 Å². The Kier molecular flexibility index (Phi) is 6.43. The third-order valence-electron chi connectivity index (χ3n) is 5.14. The molecule has 2 amide bonds. The van der Waals surface area contributed by atoms with Gasteiger partial charge in [-0.3, -0.25) is 19.3 Å². The van der Waals surface area contributed by atoms with Gasteiger partial charge < -0.3 is 10.2 Å². The highest BCUT2D eigenvalue weighted by atomic mass is 35.5. The molecule has 0 aliphatic carbocycles. The van der Waals surface area contributed by atoms with Crippen molar-refractivity contribution in [1.29, 1.82) is 0 Å². The van der Waals surface area contributed by atoms with E-state index in [0.29, 0.717) is 17.3 Å². The van der Waals surface area contributed by atoms with E-state index in [9.17, 15) is 9.59 Å². The lowest BCUT2D eigenvalue weighted by Crippen LogP contribution is -2.43. The van der Waals surface area contributed by atoms with Crippen LogP contribution in [0, 0.1) is 20.8 Å². The summed E-state index contributed by atoms with van der Waals surface area (Å²) < 4.78 is 1.62. The molecule has 0 unspecified atom stereocenters. The lowest BCUT2D eigenvalue weighted by atomic mass is 10.1. The second-order valence-electron chi connectivity index (χ2n) is 7.64. The summed E-state index contributed by atoms with van der Waals surface area (Å²) in [5.74, 6) is -0.643. The van der Waals surface area contributed by atoms with E-state index < -0.39 is 0 Å². The number of rotatable bonds is 3. The van der Waals surface area contributed by atoms with Crippen LogP contribution in [0.3, 0.4) is 0 Å². The molecule has 7 nitrogen and oxygen atoms in total. The normalized spacial score (nSPS) is 15.3. The Morgan fingerprint density at radius 3 is 2.48 bits per heavy atom. The zero-order valence-corrected chi connectivity index (χ0v) is 19.5. The van der Waals surface area contributed by atoms with Gasteiger partial charge in [0.25, 0.3) is 11.8 Å². The molecule has 162 valence electrons. The van der Waals surface area contributed by atoms with Crippen molar-refractivity contribution in [2.45, 2.75) is 33.7 Å². The first-order valence-corrected chi connectivity index (χ1v) is 10.0. The Hall–Kier alpha value is -2.84. The molecule has 0 bridgehead atoms. The van der Waals surface area contributed by atoms with E-state index in [1.807, 2.05) is 39.8 Å². The quantitative estimate of drug-likeness (QED) is 0.630. The lowest BCUT2D eigenvalue weighted by Gasteiger charge is -2.32. The van der Waals surface area contributed by atoms with E-state index >= 15 is 0 Å². The first-order valence-electron chi connectivity index (χ1n) is 9.66. The number of benzene rings is 1. The molecule has 1 atom stereocenters. The standard InChI is InChI=1S/C22H22ClN5O2.H2S/c1-12-7-17(5-6-19(12)23)27-11-15(4)28-20(22(27)30)18(10-24-28)21(29)26-16-8-13(2)25-14(3)9-16;/h5-10,15H,11H2,1-4H3,(H,25,26,29);1H2/t15-;/m0./s1. The number of amides is 2. The molecule has 0 saturated heterocycles. The van der Waals surface area contributed by atoms with Gasteiger partial charge in [0.2, 0.25) is 0 Å². The smallest absolute Gasteiger partial charge is 0.277 e. The van der Waals surface area contributed by atoms with E-state index in [2.05, 4.69) is 15.4 Å². The molecule has 3 aromatic rings. The Balaban J connectivity index is 0.00000272. The number of carbonyl (C=O) groups excluding carboxylic acids is 2. The van der Waals surface area contributed by atoms with Crippen LogP contribution in [-0.2, 0) is 0 Å². The highest BCUT2D eigenvalue weighted by molar-refractivity contribution is 7.59. The van der Waals surface area contributed by atoms with Gasteiger partial charge in [0.15, 0.2) is 0 Å². The SMILES string of the molecule is Cc1cc(NC(=O)c2cnn3c2C(=O)N(c2ccc(Cl)c(C)c2)C[C@@H]3C)cc(C)n1.S. The summed E-state index contributed by atoms with van der Waals surface area (Å²) in [5.41, 5.74) is 4.39. The first kappa shape index (κ1) is 22.8. The summed E-state index contributed by atoms with van der Waals surface area (Å²) in [4.78, 5) is 32.3. The molecular formula is C22H24ClN5O2S. The van der Waals surface area contributed by atoms with Crippen LogP contribution in [0.25, 0.3) is 0 Å². The number of nitrogens with zero attached hydrogens (tertiary/aromatic N) is 4. The van der Waals surface area contributed by atoms with Crippen LogP contribution >= 0.6 is 25.1 Å².